The number of rotatable bonds is 6. The number of non-ortho nitro benzene ring substituents is 1. The molecule has 0 amide bonds. The van der Waals surface area contributed by atoms with Crippen molar-refractivity contribution in [3.8, 4) is 0 Å². The molecule has 0 saturated heterocycles. The summed E-state index contributed by atoms with van der Waals surface area (Å²) in [5, 5.41) is 18.5. The molecule has 1 unspecified atom stereocenters. The zero-order valence-electron chi connectivity index (χ0n) is 11.3. The van der Waals surface area contributed by atoms with Crippen molar-refractivity contribution < 1.29 is 4.92 Å². The molecule has 21 heavy (non-hydrogen) atoms. The van der Waals surface area contributed by atoms with Gasteiger partial charge in [-0.15, -0.1) is 0 Å². The number of halogens is 2. The van der Waals surface area contributed by atoms with E-state index in [1.54, 1.807) is 6.20 Å². The third-order valence-corrected chi connectivity index (χ3v) is 3.52. The fraction of sp³-hybridized carbons (Fsp3) is 0.308. The third kappa shape index (κ3) is 4.09. The van der Waals surface area contributed by atoms with Gasteiger partial charge in [0.2, 0.25) is 0 Å². The van der Waals surface area contributed by atoms with Gasteiger partial charge in [-0.05, 0) is 12.0 Å². The summed E-state index contributed by atoms with van der Waals surface area (Å²) in [4.78, 5) is 10.2. The van der Waals surface area contributed by atoms with E-state index in [1.165, 1.54) is 12.1 Å². The Hall–Kier alpha value is -1.79. The number of hydrogen-bond donors (Lipinski definition) is 1. The Labute approximate surface area is 131 Å². The predicted molar refractivity (Wildman–Crippen MR) is 83.0 cm³/mol. The summed E-state index contributed by atoms with van der Waals surface area (Å²) in [6.45, 7) is 3.43. The summed E-state index contributed by atoms with van der Waals surface area (Å²) < 4.78 is 1.84. The van der Waals surface area contributed by atoms with E-state index in [1.807, 2.05) is 16.9 Å². The molecule has 1 aromatic carbocycles. The first-order valence-corrected chi connectivity index (χ1v) is 7.07. The highest BCUT2D eigenvalue weighted by molar-refractivity contribution is 6.39. The highest BCUT2D eigenvalue weighted by atomic mass is 35.5. The molecule has 1 aromatic heterocycles. The monoisotopic (exact) mass is 328 g/mol. The van der Waals surface area contributed by atoms with Gasteiger partial charge in [-0.25, -0.2) is 0 Å². The van der Waals surface area contributed by atoms with Crippen LogP contribution >= 0.6 is 23.2 Å². The Morgan fingerprint density at radius 1 is 1.43 bits per heavy atom. The number of anilines is 1. The van der Waals surface area contributed by atoms with Gasteiger partial charge in [-0.1, -0.05) is 30.1 Å². The van der Waals surface area contributed by atoms with Crippen LogP contribution < -0.4 is 5.32 Å². The molecule has 0 aliphatic rings. The molecule has 0 saturated carbocycles. The Balaban J connectivity index is 2.01. The Morgan fingerprint density at radius 2 is 2.10 bits per heavy atom. The minimum absolute atomic E-state index is 0.125. The van der Waals surface area contributed by atoms with Crippen molar-refractivity contribution in [1.29, 1.82) is 0 Å². The topological polar surface area (TPSA) is 73.0 Å². The van der Waals surface area contributed by atoms with E-state index in [0.29, 0.717) is 12.2 Å². The fourth-order valence-corrected chi connectivity index (χ4v) is 2.51. The van der Waals surface area contributed by atoms with Crippen LogP contribution in [0, 0.1) is 16.0 Å². The minimum Gasteiger partial charge on any atom is -0.382 e. The van der Waals surface area contributed by atoms with Crippen molar-refractivity contribution in [3.63, 3.8) is 0 Å². The summed E-state index contributed by atoms with van der Waals surface area (Å²) in [5.74, 6) is 0.284. The minimum atomic E-state index is -0.526. The maximum atomic E-state index is 10.7. The number of nitrogens with one attached hydrogen (secondary N) is 1. The molecule has 0 bridgehead atoms. The van der Waals surface area contributed by atoms with Gasteiger partial charge in [0.05, 0.1) is 20.7 Å². The second kappa shape index (κ2) is 6.78. The number of nitro groups is 1. The summed E-state index contributed by atoms with van der Waals surface area (Å²) in [6, 6.07) is 4.44. The summed E-state index contributed by atoms with van der Waals surface area (Å²) in [5.41, 5.74) is 0.386. The molecular weight excluding hydrogens is 315 g/mol. The van der Waals surface area contributed by atoms with Gasteiger partial charge in [-0.3, -0.25) is 14.8 Å². The normalized spacial score (nSPS) is 12.1. The molecule has 0 spiro atoms. The van der Waals surface area contributed by atoms with Crippen molar-refractivity contribution in [1.82, 2.24) is 9.78 Å². The predicted octanol–water partition coefficient (Wildman–Crippen LogP) is 3.85. The van der Waals surface area contributed by atoms with E-state index in [2.05, 4.69) is 17.3 Å². The average Bonchev–Trinajstić information content (AvgIpc) is 2.90. The number of benzene rings is 1. The zero-order valence-corrected chi connectivity index (χ0v) is 12.8. The first-order chi connectivity index (χ1) is 9.97. The molecule has 0 aliphatic carbocycles. The number of nitro benzene ring substituents is 1. The lowest BCUT2D eigenvalue weighted by Gasteiger charge is -2.15. The lowest BCUT2D eigenvalue weighted by Crippen LogP contribution is -2.17. The van der Waals surface area contributed by atoms with Crippen LogP contribution in [-0.4, -0.2) is 21.2 Å². The smallest absolute Gasteiger partial charge is 0.272 e. The second-order valence-electron chi connectivity index (χ2n) is 4.76. The van der Waals surface area contributed by atoms with Crippen LogP contribution in [0.2, 0.25) is 10.0 Å². The van der Waals surface area contributed by atoms with Crippen LogP contribution in [0.15, 0.2) is 30.6 Å². The summed E-state index contributed by atoms with van der Waals surface area (Å²) in [7, 11) is 0. The van der Waals surface area contributed by atoms with Gasteiger partial charge in [0, 0.05) is 37.6 Å². The molecule has 0 radical (unpaired) electrons. The Bertz CT molecular complexity index is 608. The average molecular weight is 329 g/mol. The molecule has 1 atom stereocenters. The maximum absolute atomic E-state index is 10.7. The molecule has 6 nitrogen and oxygen atoms in total. The summed E-state index contributed by atoms with van der Waals surface area (Å²) >= 11 is 12.1. The highest BCUT2D eigenvalue weighted by Gasteiger charge is 2.15. The Kier molecular flexibility index (Phi) is 5.03. The van der Waals surface area contributed by atoms with Gasteiger partial charge in [0.25, 0.3) is 5.69 Å². The quantitative estimate of drug-likeness (QED) is 0.645. The summed E-state index contributed by atoms with van der Waals surface area (Å²) in [6.07, 6.45) is 3.62. The van der Waals surface area contributed by atoms with Gasteiger partial charge in [0.15, 0.2) is 0 Å². The van der Waals surface area contributed by atoms with Crippen LogP contribution in [0.5, 0.6) is 0 Å². The van der Waals surface area contributed by atoms with E-state index in [9.17, 15) is 10.1 Å². The van der Waals surface area contributed by atoms with Gasteiger partial charge < -0.3 is 5.32 Å². The lowest BCUT2D eigenvalue weighted by molar-refractivity contribution is -0.384. The molecule has 0 aliphatic heterocycles. The molecule has 2 rings (SSSR count). The van der Waals surface area contributed by atoms with E-state index in [-0.39, 0.29) is 21.7 Å². The molecule has 2 aromatic rings. The van der Waals surface area contributed by atoms with Crippen LogP contribution in [-0.2, 0) is 6.54 Å². The van der Waals surface area contributed by atoms with Crippen LogP contribution in [0.3, 0.4) is 0 Å². The van der Waals surface area contributed by atoms with E-state index in [4.69, 9.17) is 23.2 Å². The maximum Gasteiger partial charge on any atom is 0.272 e. The van der Waals surface area contributed by atoms with Crippen molar-refractivity contribution in [3.05, 3.63) is 50.8 Å². The number of aromatic nitrogens is 2. The van der Waals surface area contributed by atoms with E-state index >= 15 is 0 Å². The number of nitrogens with zero attached hydrogens (tertiary/aromatic N) is 3. The zero-order chi connectivity index (χ0) is 15.4. The highest BCUT2D eigenvalue weighted by Crippen LogP contribution is 2.34. The molecule has 0 fully saturated rings. The molecule has 1 N–H and O–H groups in total. The first-order valence-electron chi connectivity index (χ1n) is 6.32. The largest absolute Gasteiger partial charge is 0.382 e. The van der Waals surface area contributed by atoms with Crippen molar-refractivity contribution in [2.24, 2.45) is 5.92 Å². The van der Waals surface area contributed by atoms with Gasteiger partial charge >= 0.3 is 0 Å². The van der Waals surface area contributed by atoms with Crippen LogP contribution in [0.25, 0.3) is 0 Å². The SMILES string of the molecule is CC(CNc1c(Cl)cc([N+](=O)[O-])cc1Cl)Cn1cccn1. The molecule has 112 valence electrons. The van der Waals surface area contributed by atoms with Gasteiger partial charge in [-0.2, -0.15) is 5.10 Å². The molecule has 1 heterocycles. The van der Waals surface area contributed by atoms with E-state index < -0.39 is 4.92 Å². The van der Waals surface area contributed by atoms with Crippen LogP contribution in [0.1, 0.15) is 6.92 Å². The fourth-order valence-electron chi connectivity index (χ4n) is 1.90. The van der Waals surface area contributed by atoms with Crippen molar-refractivity contribution in [2.75, 3.05) is 11.9 Å². The standard InChI is InChI=1S/C13H14Cl2N4O2/c1-9(8-18-4-2-3-17-18)7-16-13-11(14)5-10(19(20)21)6-12(13)15/h2-6,9,16H,7-8H2,1H3. The van der Waals surface area contributed by atoms with Gasteiger partial charge in [0.1, 0.15) is 0 Å². The first kappa shape index (κ1) is 15.6. The lowest BCUT2D eigenvalue weighted by atomic mass is 10.1. The third-order valence-electron chi connectivity index (χ3n) is 2.92. The van der Waals surface area contributed by atoms with E-state index in [0.717, 1.165) is 6.54 Å². The van der Waals surface area contributed by atoms with Crippen molar-refractivity contribution in [2.45, 2.75) is 13.5 Å². The molecule has 8 heteroatoms. The molecular formula is C13H14Cl2N4O2. The second-order valence-corrected chi connectivity index (χ2v) is 5.57. The number of hydrogen-bond acceptors (Lipinski definition) is 4. The van der Waals surface area contributed by atoms with Crippen LogP contribution in [0.4, 0.5) is 11.4 Å². The Morgan fingerprint density at radius 3 is 2.62 bits per heavy atom. The van der Waals surface area contributed by atoms with Crippen molar-refractivity contribution >= 4 is 34.6 Å².